The number of rotatable bonds is 4. The lowest BCUT2D eigenvalue weighted by Gasteiger charge is -2.33. The van der Waals surface area contributed by atoms with Gasteiger partial charge in [0.15, 0.2) is 0 Å². The molecule has 0 aromatic rings. The molecule has 0 N–H and O–H groups in total. The van der Waals surface area contributed by atoms with E-state index in [1.807, 2.05) is 0 Å². The third kappa shape index (κ3) is 3.17. The molecule has 1 fully saturated rings. The minimum absolute atomic E-state index is 0.606. The molecule has 1 aliphatic rings. The molecule has 1 rings (SSSR count). The highest BCUT2D eigenvalue weighted by Gasteiger charge is 2.25. The first-order valence-electron chi connectivity index (χ1n) is 5.12. The van der Waals surface area contributed by atoms with E-state index < -0.39 is 8.53 Å². The van der Waals surface area contributed by atoms with E-state index in [2.05, 4.69) is 25.4 Å². The second-order valence-electron chi connectivity index (χ2n) is 3.24. The zero-order chi connectivity index (χ0) is 9.68. The fourth-order valence-corrected chi connectivity index (χ4v) is 2.82. The minimum atomic E-state index is -0.734. The van der Waals surface area contributed by atoms with Crippen LogP contribution in [0, 0.1) is 5.92 Å². The maximum Gasteiger partial charge on any atom is 0.258 e. The van der Waals surface area contributed by atoms with Crippen molar-refractivity contribution in [3.05, 3.63) is 0 Å². The lowest BCUT2D eigenvalue weighted by atomic mass is 10.1. The van der Waals surface area contributed by atoms with Gasteiger partial charge in [0.2, 0.25) is 0 Å². The molecular formula is C9H20NO2P. The van der Waals surface area contributed by atoms with Gasteiger partial charge in [-0.25, -0.2) is 4.67 Å². The third-order valence-corrected chi connectivity index (χ3v) is 4.15. The maximum absolute atomic E-state index is 5.69. The molecule has 0 aliphatic carbocycles. The molecule has 0 atom stereocenters. The normalized spacial score (nSPS) is 29.5. The standard InChI is InChI=1S/C9H20NO2P/c1-4-9-7-11-13(12-8-9)10(5-2)6-3/h9H,4-8H2,1-3H3. The summed E-state index contributed by atoms with van der Waals surface area (Å²) in [5.74, 6) is 0.606. The summed E-state index contributed by atoms with van der Waals surface area (Å²) in [7, 11) is -0.734. The van der Waals surface area contributed by atoms with Crippen molar-refractivity contribution in [3.63, 3.8) is 0 Å². The average molecular weight is 205 g/mol. The van der Waals surface area contributed by atoms with Crippen molar-refractivity contribution in [2.24, 2.45) is 5.92 Å². The quantitative estimate of drug-likeness (QED) is 0.658. The molecule has 0 amide bonds. The summed E-state index contributed by atoms with van der Waals surface area (Å²) in [6, 6.07) is 0. The van der Waals surface area contributed by atoms with Gasteiger partial charge in [0, 0.05) is 19.0 Å². The van der Waals surface area contributed by atoms with E-state index in [1.54, 1.807) is 0 Å². The first kappa shape index (κ1) is 11.4. The number of nitrogens with zero attached hydrogens (tertiary/aromatic N) is 1. The predicted octanol–water partition coefficient (Wildman–Crippen LogP) is 2.63. The Hall–Kier alpha value is 0.310. The average Bonchev–Trinajstić information content (AvgIpc) is 2.21. The molecule has 78 valence electrons. The molecule has 1 heterocycles. The molecule has 13 heavy (non-hydrogen) atoms. The van der Waals surface area contributed by atoms with E-state index in [1.165, 1.54) is 0 Å². The lowest BCUT2D eigenvalue weighted by molar-refractivity contribution is 0.0954. The third-order valence-electron chi connectivity index (χ3n) is 2.38. The van der Waals surface area contributed by atoms with Gasteiger partial charge in [0.25, 0.3) is 8.53 Å². The molecule has 1 saturated heterocycles. The Labute approximate surface area is 82.4 Å². The van der Waals surface area contributed by atoms with Crippen molar-refractivity contribution in [2.75, 3.05) is 26.3 Å². The molecule has 3 nitrogen and oxygen atoms in total. The second-order valence-corrected chi connectivity index (χ2v) is 4.80. The van der Waals surface area contributed by atoms with Crippen molar-refractivity contribution in [1.82, 2.24) is 4.67 Å². The van der Waals surface area contributed by atoms with Gasteiger partial charge in [-0.3, -0.25) is 0 Å². The molecule has 0 radical (unpaired) electrons. The SMILES string of the molecule is CCC1COP(N(CC)CC)OC1. The van der Waals surface area contributed by atoms with Crippen molar-refractivity contribution in [2.45, 2.75) is 27.2 Å². The van der Waals surface area contributed by atoms with Crippen molar-refractivity contribution >= 4 is 8.53 Å². The molecule has 1 aliphatic heterocycles. The number of hydrogen-bond donors (Lipinski definition) is 0. The molecule has 0 saturated carbocycles. The topological polar surface area (TPSA) is 21.7 Å². The first-order chi connectivity index (χ1) is 6.31. The van der Waals surface area contributed by atoms with Crippen molar-refractivity contribution in [1.29, 1.82) is 0 Å². The van der Waals surface area contributed by atoms with E-state index in [-0.39, 0.29) is 0 Å². The highest BCUT2D eigenvalue weighted by Crippen LogP contribution is 2.46. The van der Waals surface area contributed by atoms with Crippen LogP contribution in [0.4, 0.5) is 0 Å². The summed E-state index contributed by atoms with van der Waals surface area (Å²) in [6.45, 7) is 10.2. The van der Waals surface area contributed by atoms with Crippen LogP contribution in [-0.2, 0) is 9.05 Å². The molecule has 4 heteroatoms. The first-order valence-corrected chi connectivity index (χ1v) is 6.25. The predicted molar refractivity (Wildman–Crippen MR) is 55.5 cm³/mol. The Morgan fingerprint density at radius 2 is 1.69 bits per heavy atom. The Morgan fingerprint density at radius 3 is 2.08 bits per heavy atom. The van der Waals surface area contributed by atoms with E-state index >= 15 is 0 Å². The van der Waals surface area contributed by atoms with Crippen LogP contribution >= 0.6 is 8.53 Å². The molecule has 0 bridgehead atoms. The van der Waals surface area contributed by atoms with Gasteiger partial charge in [-0.2, -0.15) is 0 Å². The van der Waals surface area contributed by atoms with Gasteiger partial charge in [0.05, 0.1) is 13.2 Å². The van der Waals surface area contributed by atoms with E-state index in [0.717, 1.165) is 32.7 Å². The van der Waals surface area contributed by atoms with E-state index in [4.69, 9.17) is 9.05 Å². The summed E-state index contributed by atoms with van der Waals surface area (Å²) >= 11 is 0. The highest BCUT2D eigenvalue weighted by molar-refractivity contribution is 7.44. The van der Waals surface area contributed by atoms with Crippen LogP contribution in [0.1, 0.15) is 27.2 Å². The Balaban J connectivity index is 2.30. The summed E-state index contributed by atoms with van der Waals surface area (Å²) < 4.78 is 13.6. The van der Waals surface area contributed by atoms with Crippen molar-refractivity contribution < 1.29 is 9.05 Å². The van der Waals surface area contributed by atoms with Crippen LogP contribution in [0.2, 0.25) is 0 Å². The van der Waals surface area contributed by atoms with Crippen molar-refractivity contribution in [3.8, 4) is 0 Å². The van der Waals surface area contributed by atoms with Crippen LogP contribution in [-0.4, -0.2) is 31.0 Å². The van der Waals surface area contributed by atoms with Crippen LogP contribution in [0.3, 0.4) is 0 Å². The Kier molecular flexibility index (Phi) is 5.18. The van der Waals surface area contributed by atoms with Crippen LogP contribution in [0.25, 0.3) is 0 Å². The molecule has 0 spiro atoms. The zero-order valence-corrected chi connectivity index (χ0v) is 9.72. The summed E-state index contributed by atoms with van der Waals surface area (Å²) in [6.07, 6.45) is 1.15. The largest absolute Gasteiger partial charge is 0.322 e. The van der Waals surface area contributed by atoms with Crippen LogP contribution < -0.4 is 0 Å². The smallest absolute Gasteiger partial charge is 0.258 e. The van der Waals surface area contributed by atoms with Gasteiger partial charge >= 0.3 is 0 Å². The summed E-state index contributed by atoms with van der Waals surface area (Å²) in [4.78, 5) is 0. The van der Waals surface area contributed by atoms with E-state index in [0.29, 0.717) is 5.92 Å². The summed E-state index contributed by atoms with van der Waals surface area (Å²) in [5.41, 5.74) is 0. The minimum Gasteiger partial charge on any atom is -0.322 e. The molecule has 0 aromatic carbocycles. The fourth-order valence-electron chi connectivity index (χ4n) is 1.28. The zero-order valence-electron chi connectivity index (χ0n) is 8.82. The molecular weight excluding hydrogens is 185 g/mol. The highest BCUT2D eigenvalue weighted by atomic mass is 31.2. The monoisotopic (exact) mass is 205 g/mol. The Morgan fingerprint density at radius 1 is 1.15 bits per heavy atom. The number of hydrogen-bond acceptors (Lipinski definition) is 3. The second kappa shape index (κ2) is 5.92. The Bertz CT molecular complexity index is 134. The van der Waals surface area contributed by atoms with Crippen LogP contribution in [0.15, 0.2) is 0 Å². The van der Waals surface area contributed by atoms with Gasteiger partial charge in [0.1, 0.15) is 0 Å². The van der Waals surface area contributed by atoms with Gasteiger partial charge in [-0.05, 0) is 6.42 Å². The molecule has 0 unspecified atom stereocenters. The fraction of sp³-hybridized carbons (Fsp3) is 1.00. The van der Waals surface area contributed by atoms with Gasteiger partial charge in [-0.15, -0.1) is 0 Å². The summed E-state index contributed by atoms with van der Waals surface area (Å²) in [5, 5.41) is 0. The lowest BCUT2D eigenvalue weighted by Crippen LogP contribution is -2.27. The van der Waals surface area contributed by atoms with E-state index in [9.17, 15) is 0 Å². The van der Waals surface area contributed by atoms with Gasteiger partial charge in [-0.1, -0.05) is 20.8 Å². The molecule has 0 aromatic heterocycles. The van der Waals surface area contributed by atoms with Gasteiger partial charge < -0.3 is 9.05 Å². The van der Waals surface area contributed by atoms with Crippen LogP contribution in [0.5, 0.6) is 0 Å². The maximum atomic E-state index is 5.69.